The first-order valence-electron chi connectivity index (χ1n) is 5.53. The van der Waals surface area contributed by atoms with E-state index < -0.39 is 0 Å². The molecule has 0 heterocycles. The molecule has 1 aliphatic rings. The summed E-state index contributed by atoms with van der Waals surface area (Å²) in [6.07, 6.45) is 5.63. The van der Waals surface area contributed by atoms with E-state index in [1.807, 2.05) is 0 Å². The minimum atomic E-state index is 0.824. The van der Waals surface area contributed by atoms with Crippen molar-refractivity contribution < 1.29 is 0 Å². The van der Waals surface area contributed by atoms with Crippen LogP contribution < -0.4 is 5.32 Å². The monoisotopic (exact) mass is 169 g/mol. The van der Waals surface area contributed by atoms with Crippen LogP contribution in [0.3, 0.4) is 0 Å². The fourth-order valence-corrected chi connectivity index (χ4v) is 2.49. The summed E-state index contributed by atoms with van der Waals surface area (Å²) in [7, 11) is 0. The maximum Gasteiger partial charge on any atom is 0.00977 e. The van der Waals surface area contributed by atoms with Gasteiger partial charge < -0.3 is 5.32 Å². The Morgan fingerprint density at radius 1 is 1.33 bits per heavy atom. The lowest BCUT2D eigenvalue weighted by Crippen LogP contribution is -2.34. The summed E-state index contributed by atoms with van der Waals surface area (Å²) in [4.78, 5) is 0. The Labute approximate surface area is 76.9 Å². The van der Waals surface area contributed by atoms with Crippen molar-refractivity contribution in [1.29, 1.82) is 0 Å². The zero-order chi connectivity index (χ0) is 8.97. The maximum absolute atomic E-state index is 3.61. The van der Waals surface area contributed by atoms with Crippen molar-refractivity contribution in [3.63, 3.8) is 0 Å². The predicted octanol–water partition coefficient (Wildman–Crippen LogP) is 2.81. The smallest absolute Gasteiger partial charge is 0.00977 e. The van der Waals surface area contributed by atoms with Crippen LogP contribution in [0.25, 0.3) is 0 Å². The van der Waals surface area contributed by atoms with E-state index in [1.165, 1.54) is 25.7 Å². The summed E-state index contributed by atoms with van der Waals surface area (Å²) in [5.74, 6) is 1.87. The van der Waals surface area contributed by atoms with Gasteiger partial charge in [0, 0.05) is 6.04 Å². The van der Waals surface area contributed by atoms with Crippen LogP contribution in [0.1, 0.15) is 46.5 Å². The average molecular weight is 169 g/mol. The van der Waals surface area contributed by atoms with E-state index in [0.717, 1.165) is 24.4 Å². The molecule has 0 aromatic rings. The Hall–Kier alpha value is -0.0400. The summed E-state index contributed by atoms with van der Waals surface area (Å²) >= 11 is 0. The van der Waals surface area contributed by atoms with Crippen LogP contribution in [-0.2, 0) is 0 Å². The topological polar surface area (TPSA) is 12.0 Å². The lowest BCUT2D eigenvalue weighted by molar-refractivity contribution is 0.292. The fraction of sp³-hybridized carbons (Fsp3) is 1.00. The number of rotatable bonds is 4. The zero-order valence-corrected chi connectivity index (χ0v) is 8.77. The van der Waals surface area contributed by atoms with Crippen LogP contribution in [0.4, 0.5) is 0 Å². The van der Waals surface area contributed by atoms with Crippen LogP contribution in [0.15, 0.2) is 0 Å². The normalized spacial score (nSPS) is 32.2. The largest absolute Gasteiger partial charge is 0.314 e. The molecule has 1 rings (SSSR count). The van der Waals surface area contributed by atoms with Crippen molar-refractivity contribution in [2.45, 2.75) is 52.5 Å². The van der Waals surface area contributed by atoms with E-state index in [4.69, 9.17) is 0 Å². The van der Waals surface area contributed by atoms with Gasteiger partial charge in [0.25, 0.3) is 0 Å². The van der Waals surface area contributed by atoms with Crippen molar-refractivity contribution in [3.05, 3.63) is 0 Å². The quantitative estimate of drug-likeness (QED) is 0.682. The van der Waals surface area contributed by atoms with E-state index in [0.29, 0.717) is 0 Å². The molecule has 0 amide bonds. The van der Waals surface area contributed by atoms with Gasteiger partial charge in [-0.25, -0.2) is 0 Å². The molecule has 1 nitrogen and oxygen atoms in total. The second-order valence-electron chi connectivity index (χ2n) is 4.14. The SMILES string of the molecule is CCNC1CCCC1C(C)CC. The second kappa shape index (κ2) is 4.86. The molecule has 3 unspecified atom stereocenters. The third-order valence-electron chi connectivity index (χ3n) is 3.41. The highest BCUT2D eigenvalue weighted by Gasteiger charge is 2.29. The van der Waals surface area contributed by atoms with Crippen molar-refractivity contribution in [2.24, 2.45) is 11.8 Å². The van der Waals surface area contributed by atoms with E-state index in [1.54, 1.807) is 0 Å². The van der Waals surface area contributed by atoms with Crippen LogP contribution >= 0.6 is 0 Å². The minimum absolute atomic E-state index is 0.824. The molecule has 0 aliphatic heterocycles. The summed E-state index contributed by atoms with van der Waals surface area (Å²) in [6.45, 7) is 8.07. The third kappa shape index (κ3) is 2.22. The van der Waals surface area contributed by atoms with Gasteiger partial charge in [0.2, 0.25) is 0 Å². The molecule has 1 aliphatic carbocycles. The predicted molar refractivity (Wildman–Crippen MR) is 54.3 cm³/mol. The van der Waals surface area contributed by atoms with Crippen molar-refractivity contribution >= 4 is 0 Å². The summed E-state index contributed by atoms with van der Waals surface area (Å²) in [5.41, 5.74) is 0. The van der Waals surface area contributed by atoms with Crippen LogP contribution in [0.5, 0.6) is 0 Å². The standard InChI is InChI=1S/C11H23N/c1-4-9(3)10-7-6-8-11(10)12-5-2/h9-12H,4-8H2,1-3H3. The van der Waals surface area contributed by atoms with Gasteiger partial charge >= 0.3 is 0 Å². The van der Waals surface area contributed by atoms with Crippen LogP contribution in [-0.4, -0.2) is 12.6 Å². The Kier molecular flexibility index (Phi) is 4.07. The third-order valence-corrected chi connectivity index (χ3v) is 3.41. The molecular weight excluding hydrogens is 146 g/mol. The second-order valence-corrected chi connectivity index (χ2v) is 4.14. The summed E-state index contributed by atoms with van der Waals surface area (Å²) < 4.78 is 0. The molecule has 1 N–H and O–H groups in total. The first kappa shape index (κ1) is 10.0. The fourth-order valence-electron chi connectivity index (χ4n) is 2.49. The number of nitrogens with one attached hydrogen (secondary N) is 1. The van der Waals surface area contributed by atoms with Gasteiger partial charge in [-0.05, 0) is 31.2 Å². The molecule has 0 aromatic carbocycles. The van der Waals surface area contributed by atoms with Gasteiger partial charge in [-0.2, -0.15) is 0 Å². The van der Waals surface area contributed by atoms with Gasteiger partial charge in [-0.3, -0.25) is 0 Å². The summed E-state index contributed by atoms with van der Waals surface area (Å²) in [5, 5.41) is 3.61. The molecule has 0 bridgehead atoms. The zero-order valence-electron chi connectivity index (χ0n) is 8.77. The Morgan fingerprint density at radius 2 is 2.08 bits per heavy atom. The molecule has 1 saturated carbocycles. The van der Waals surface area contributed by atoms with Crippen molar-refractivity contribution in [3.8, 4) is 0 Å². The molecule has 0 radical (unpaired) electrons. The molecule has 1 heteroatoms. The van der Waals surface area contributed by atoms with Crippen LogP contribution in [0, 0.1) is 11.8 Å². The number of hydrogen-bond donors (Lipinski definition) is 1. The molecular formula is C11H23N. The first-order chi connectivity index (χ1) is 5.79. The van der Waals surface area contributed by atoms with E-state index in [9.17, 15) is 0 Å². The van der Waals surface area contributed by atoms with E-state index >= 15 is 0 Å². The van der Waals surface area contributed by atoms with E-state index in [2.05, 4.69) is 26.1 Å². The average Bonchev–Trinajstić information content (AvgIpc) is 2.52. The van der Waals surface area contributed by atoms with Gasteiger partial charge in [0.1, 0.15) is 0 Å². The first-order valence-corrected chi connectivity index (χ1v) is 5.53. The van der Waals surface area contributed by atoms with Crippen molar-refractivity contribution in [2.75, 3.05) is 6.54 Å². The molecule has 72 valence electrons. The highest BCUT2D eigenvalue weighted by atomic mass is 14.9. The molecule has 0 aromatic heterocycles. The minimum Gasteiger partial charge on any atom is -0.314 e. The summed E-state index contributed by atoms with van der Waals surface area (Å²) in [6, 6.07) is 0.824. The van der Waals surface area contributed by atoms with Crippen LogP contribution in [0.2, 0.25) is 0 Å². The van der Waals surface area contributed by atoms with Gasteiger partial charge in [0.05, 0.1) is 0 Å². The molecule has 12 heavy (non-hydrogen) atoms. The number of hydrogen-bond acceptors (Lipinski definition) is 1. The molecule has 0 spiro atoms. The molecule has 1 fully saturated rings. The van der Waals surface area contributed by atoms with Crippen molar-refractivity contribution in [1.82, 2.24) is 5.32 Å². The lowest BCUT2D eigenvalue weighted by atomic mass is 9.87. The molecule has 3 atom stereocenters. The Bertz CT molecular complexity index is 122. The Morgan fingerprint density at radius 3 is 2.67 bits per heavy atom. The van der Waals surface area contributed by atoms with E-state index in [-0.39, 0.29) is 0 Å². The van der Waals surface area contributed by atoms with Gasteiger partial charge in [0.15, 0.2) is 0 Å². The van der Waals surface area contributed by atoms with Gasteiger partial charge in [-0.1, -0.05) is 33.6 Å². The highest BCUT2D eigenvalue weighted by molar-refractivity contribution is 4.85. The Balaban J connectivity index is 2.40. The maximum atomic E-state index is 3.61. The highest BCUT2D eigenvalue weighted by Crippen LogP contribution is 2.33. The lowest BCUT2D eigenvalue weighted by Gasteiger charge is -2.25. The van der Waals surface area contributed by atoms with Gasteiger partial charge in [-0.15, -0.1) is 0 Å². The molecule has 0 saturated heterocycles.